The lowest BCUT2D eigenvalue weighted by molar-refractivity contribution is 0.324. The molecule has 1 unspecified atom stereocenters. The molecule has 1 aromatic carbocycles. The fourth-order valence-electron chi connectivity index (χ4n) is 2.57. The quantitative estimate of drug-likeness (QED) is 0.551. The van der Waals surface area contributed by atoms with Crippen LogP contribution in [0.4, 0.5) is 0 Å². The monoisotopic (exact) mass is 215 g/mol. The standard InChI is InChI=1S/C15H21N/c1-5-13-14(15(2,3)4)16(13)11-12-9-7-6-8-10-12/h5-10,13-14H,1,11H2,2-4H3/t13-,14-,16?/m0/s1. The SMILES string of the molecule is C=C[C@H]1[C@@H](C(C)(C)C)N1Cc1ccccc1. The smallest absolute Gasteiger partial charge is 0.0444 e. The Bertz CT molecular complexity index is 361. The van der Waals surface area contributed by atoms with Crippen molar-refractivity contribution in [3.8, 4) is 0 Å². The number of hydrogen-bond acceptors (Lipinski definition) is 1. The van der Waals surface area contributed by atoms with Gasteiger partial charge >= 0.3 is 0 Å². The third-order valence-electron chi connectivity index (χ3n) is 3.31. The third kappa shape index (κ3) is 2.19. The molecule has 0 radical (unpaired) electrons. The Kier molecular flexibility index (Phi) is 2.90. The maximum atomic E-state index is 3.94. The van der Waals surface area contributed by atoms with E-state index in [0.717, 1.165) is 6.54 Å². The van der Waals surface area contributed by atoms with Crippen molar-refractivity contribution in [3.05, 3.63) is 48.6 Å². The van der Waals surface area contributed by atoms with Crippen molar-refractivity contribution in [2.75, 3.05) is 0 Å². The summed E-state index contributed by atoms with van der Waals surface area (Å²) in [5.41, 5.74) is 1.73. The maximum Gasteiger partial charge on any atom is 0.0444 e. The number of benzene rings is 1. The molecule has 3 atom stereocenters. The van der Waals surface area contributed by atoms with Crippen LogP contribution in [0.3, 0.4) is 0 Å². The minimum atomic E-state index is 0.341. The van der Waals surface area contributed by atoms with Gasteiger partial charge in [0.15, 0.2) is 0 Å². The van der Waals surface area contributed by atoms with E-state index in [9.17, 15) is 0 Å². The maximum absolute atomic E-state index is 3.94. The predicted molar refractivity (Wildman–Crippen MR) is 69.2 cm³/mol. The van der Waals surface area contributed by atoms with Crippen LogP contribution in [-0.2, 0) is 6.54 Å². The molecule has 0 amide bonds. The molecule has 1 heterocycles. The zero-order valence-electron chi connectivity index (χ0n) is 10.5. The van der Waals surface area contributed by atoms with Crippen LogP contribution >= 0.6 is 0 Å². The molecule has 0 saturated carbocycles. The lowest BCUT2D eigenvalue weighted by Gasteiger charge is -2.18. The molecule has 1 fully saturated rings. The first-order chi connectivity index (χ1) is 7.54. The van der Waals surface area contributed by atoms with Crippen LogP contribution < -0.4 is 0 Å². The molecule has 86 valence electrons. The first-order valence-corrected chi connectivity index (χ1v) is 5.96. The van der Waals surface area contributed by atoms with E-state index in [1.54, 1.807) is 0 Å². The van der Waals surface area contributed by atoms with Gasteiger partial charge in [0.1, 0.15) is 0 Å². The zero-order chi connectivity index (χ0) is 11.8. The van der Waals surface area contributed by atoms with E-state index >= 15 is 0 Å². The van der Waals surface area contributed by atoms with Crippen LogP contribution in [0.15, 0.2) is 43.0 Å². The Balaban J connectivity index is 2.05. The minimum Gasteiger partial charge on any atom is -0.286 e. The van der Waals surface area contributed by atoms with E-state index in [1.165, 1.54) is 5.56 Å². The van der Waals surface area contributed by atoms with Crippen molar-refractivity contribution in [1.82, 2.24) is 4.90 Å². The summed E-state index contributed by atoms with van der Waals surface area (Å²) in [5, 5.41) is 0. The van der Waals surface area contributed by atoms with Crippen molar-refractivity contribution in [2.24, 2.45) is 5.41 Å². The Morgan fingerprint density at radius 1 is 1.25 bits per heavy atom. The summed E-state index contributed by atoms with van der Waals surface area (Å²) >= 11 is 0. The van der Waals surface area contributed by atoms with Crippen LogP contribution in [0.2, 0.25) is 0 Å². The molecule has 0 spiro atoms. The zero-order valence-corrected chi connectivity index (χ0v) is 10.5. The molecule has 0 aliphatic carbocycles. The van der Waals surface area contributed by atoms with E-state index in [4.69, 9.17) is 0 Å². The van der Waals surface area contributed by atoms with Gasteiger partial charge in [0, 0.05) is 18.6 Å². The summed E-state index contributed by atoms with van der Waals surface area (Å²) in [6.07, 6.45) is 2.08. The highest BCUT2D eigenvalue weighted by molar-refractivity contribution is 5.21. The van der Waals surface area contributed by atoms with Gasteiger partial charge < -0.3 is 0 Å². The molecule has 1 nitrogen and oxygen atoms in total. The summed E-state index contributed by atoms with van der Waals surface area (Å²) in [5.74, 6) is 0. The fourth-order valence-corrected chi connectivity index (χ4v) is 2.57. The molecule has 1 aliphatic heterocycles. The molecule has 16 heavy (non-hydrogen) atoms. The van der Waals surface area contributed by atoms with Gasteiger partial charge in [-0.25, -0.2) is 0 Å². The molecule has 1 saturated heterocycles. The van der Waals surface area contributed by atoms with Gasteiger partial charge in [-0.2, -0.15) is 0 Å². The van der Waals surface area contributed by atoms with Crippen molar-refractivity contribution in [3.63, 3.8) is 0 Å². The average molecular weight is 215 g/mol. The highest BCUT2D eigenvalue weighted by Crippen LogP contribution is 2.43. The van der Waals surface area contributed by atoms with Gasteiger partial charge in [-0.15, -0.1) is 6.58 Å². The predicted octanol–water partition coefficient (Wildman–Crippen LogP) is 3.47. The Morgan fingerprint density at radius 3 is 2.31 bits per heavy atom. The number of rotatable bonds is 3. The van der Waals surface area contributed by atoms with Crippen LogP contribution in [0, 0.1) is 5.41 Å². The summed E-state index contributed by atoms with van der Waals surface area (Å²) < 4.78 is 0. The largest absolute Gasteiger partial charge is 0.286 e. The fraction of sp³-hybridized carbons (Fsp3) is 0.467. The van der Waals surface area contributed by atoms with E-state index in [0.29, 0.717) is 17.5 Å². The van der Waals surface area contributed by atoms with Gasteiger partial charge in [0.25, 0.3) is 0 Å². The number of hydrogen-bond donors (Lipinski definition) is 0. The molecule has 1 aromatic rings. The third-order valence-corrected chi connectivity index (χ3v) is 3.31. The highest BCUT2D eigenvalue weighted by atomic mass is 15.4. The molecular weight excluding hydrogens is 194 g/mol. The average Bonchev–Trinajstić information content (AvgIpc) is 2.92. The number of nitrogens with zero attached hydrogens (tertiary/aromatic N) is 1. The van der Waals surface area contributed by atoms with Crippen LogP contribution in [-0.4, -0.2) is 17.0 Å². The van der Waals surface area contributed by atoms with Crippen molar-refractivity contribution >= 4 is 0 Å². The summed E-state index contributed by atoms with van der Waals surface area (Å²) in [6.45, 7) is 11.9. The Hall–Kier alpha value is -1.08. The van der Waals surface area contributed by atoms with Crippen LogP contribution in [0.1, 0.15) is 26.3 Å². The molecule has 2 rings (SSSR count). The van der Waals surface area contributed by atoms with Crippen LogP contribution in [0.5, 0.6) is 0 Å². The summed E-state index contributed by atoms with van der Waals surface area (Å²) in [4.78, 5) is 2.52. The molecule has 0 N–H and O–H groups in total. The van der Waals surface area contributed by atoms with Gasteiger partial charge in [0.2, 0.25) is 0 Å². The van der Waals surface area contributed by atoms with Crippen molar-refractivity contribution < 1.29 is 0 Å². The molecule has 0 bridgehead atoms. The second kappa shape index (κ2) is 4.06. The van der Waals surface area contributed by atoms with E-state index < -0.39 is 0 Å². The molecular formula is C15H21N. The Labute approximate surface area is 98.8 Å². The summed E-state index contributed by atoms with van der Waals surface area (Å²) in [7, 11) is 0. The lowest BCUT2D eigenvalue weighted by Crippen LogP contribution is -2.19. The Morgan fingerprint density at radius 2 is 1.88 bits per heavy atom. The van der Waals surface area contributed by atoms with Gasteiger partial charge in [0.05, 0.1) is 0 Å². The van der Waals surface area contributed by atoms with Crippen LogP contribution in [0.25, 0.3) is 0 Å². The van der Waals surface area contributed by atoms with Crippen molar-refractivity contribution in [1.29, 1.82) is 0 Å². The first kappa shape index (κ1) is 11.4. The second-order valence-electron chi connectivity index (χ2n) is 5.70. The normalized spacial score (nSPS) is 28.8. The first-order valence-electron chi connectivity index (χ1n) is 5.96. The van der Waals surface area contributed by atoms with Gasteiger partial charge in [-0.1, -0.05) is 57.2 Å². The summed E-state index contributed by atoms with van der Waals surface area (Å²) in [6, 6.07) is 11.9. The van der Waals surface area contributed by atoms with Gasteiger partial charge in [-0.05, 0) is 11.0 Å². The molecule has 0 aromatic heterocycles. The minimum absolute atomic E-state index is 0.341. The van der Waals surface area contributed by atoms with Gasteiger partial charge in [-0.3, -0.25) is 4.90 Å². The topological polar surface area (TPSA) is 3.01 Å². The second-order valence-corrected chi connectivity index (χ2v) is 5.70. The lowest BCUT2D eigenvalue weighted by atomic mass is 9.90. The molecule has 1 aliphatic rings. The van der Waals surface area contributed by atoms with E-state index in [-0.39, 0.29) is 0 Å². The van der Waals surface area contributed by atoms with E-state index in [1.807, 2.05) is 0 Å². The van der Waals surface area contributed by atoms with E-state index in [2.05, 4.69) is 68.7 Å². The molecule has 1 heteroatoms. The van der Waals surface area contributed by atoms with Crippen molar-refractivity contribution in [2.45, 2.75) is 39.4 Å². The highest BCUT2D eigenvalue weighted by Gasteiger charge is 2.51.